The van der Waals surface area contributed by atoms with E-state index in [2.05, 4.69) is 30.3 Å². The smallest absolute Gasteiger partial charge is 0.319 e. The van der Waals surface area contributed by atoms with Crippen molar-refractivity contribution in [1.29, 1.82) is 0 Å². The quantitative estimate of drug-likeness (QED) is 0.567. The number of aliphatic carboxylic acids is 1. The van der Waals surface area contributed by atoms with Gasteiger partial charge < -0.3 is 9.84 Å². The molecule has 0 aromatic heterocycles. The summed E-state index contributed by atoms with van der Waals surface area (Å²) in [6.07, 6.45) is 0.841. The Balaban J connectivity index is 1.55. The van der Waals surface area contributed by atoms with Crippen molar-refractivity contribution in [3.05, 3.63) is 72.3 Å². The van der Waals surface area contributed by atoms with Crippen LogP contribution in [0.15, 0.2) is 71.6 Å². The number of hydrogen-bond acceptors (Lipinski definition) is 3. The molecule has 0 aliphatic rings. The lowest BCUT2D eigenvalue weighted by Crippen LogP contribution is -2.26. The molecule has 0 radical (unpaired) electrons. The van der Waals surface area contributed by atoms with Gasteiger partial charge in [0, 0.05) is 11.3 Å². The first-order chi connectivity index (χ1) is 12.4. The van der Waals surface area contributed by atoms with Gasteiger partial charge >= 0.3 is 5.97 Å². The van der Waals surface area contributed by atoms with Crippen molar-refractivity contribution in [2.45, 2.75) is 29.9 Å². The first-order valence-electron chi connectivity index (χ1n) is 8.57. The van der Waals surface area contributed by atoms with E-state index in [0.29, 0.717) is 6.61 Å². The molecule has 3 aromatic rings. The fraction of sp³-hybridized carbons (Fsp3) is 0.227. The predicted octanol–water partition coefficient (Wildman–Crippen LogP) is 5.42. The molecule has 0 aliphatic carbocycles. The maximum absolute atomic E-state index is 11.2. The molecule has 0 aliphatic heterocycles. The normalized spacial score (nSPS) is 11.5. The monoisotopic (exact) mass is 366 g/mol. The van der Waals surface area contributed by atoms with Crippen molar-refractivity contribution >= 4 is 28.5 Å². The minimum Gasteiger partial charge on any atom is -0.493 e. The van der Waals surface area contributed by atoms with Crippen LogP contribution in [0.3, 0.4) is 0 Å². The Bertz CT molecular complexity index is 901. The standard InChI is InChI=1S/C22H22O3S/c1-22(2,21(23)24)26-20-11-9-19(10-12-20)25-14-13-16-7-8-17-5-3-4-6-18(17)15-16/h3-12,15H,13-14H2,1-2H3,(H,23,24). The van der Waals surface area contributed by atoms with Crippen LogP contribution >= 0.6 is 11.8 Å². The van der Waals surface area contributed by atoms with Crippen LogP contribution in [0.25, 0.3) is 10.8 Å². The molecule has 0 heterocycles. The van der Waals surface area contributed by atoms with E-state index in [-0.39, 0.29) is 0 Å². The highest BCUT2D eigenvalue weighted by Crippen LogP contribution is 2.33. The van der Waals surface area contributed by atoms with Gasteiger partial charge in [-0.1, -0.05) is 42.5 Å². The van der Waals surface area contributed by atoms with Crippen molar-refractivity contribution in [3.8, 4) is 5.75 Å². The summed E-state index contributed by atoms with van der Waals surface area (Å²) >= 11 is 1.33. The summed E-state index contributed by atoms with van der Waals surface area (Å²) < 4.78 is 4.98. The minimum atomic E-state index is -0.849. The summed E-state index contributed by atoms with van der Waals surface area (Å²) in [5.74, 6) is -0.0264. The number of benzene rings is 3. The topological polar surface area (TPSA) is 46.5 Å². The zero-order chi connectivity index (χ0) is 18.6. The Labute approximate surface area is 158 Å². The summed E-state index contributed by atoms with van der Waals surface area (Å²) in [5, 5.41) is 11.7. The second-order valence-corrected chi connectivity index (χ2v) is 8.37. The third kappa shape index (κ3) is 4.58. The molecule has 4 heteroatoms. The molecule has 0 bridgehead atoms. The Hall–Kier alpha value is -2.46. The molecular weight excluding hydrogens is 344 g/mol. The van der Waals surface area contributed by atoms with Gasteiger partial charge in [-0.2, -0.15) is 0 Å². The van der Waals surface area contributed by atoms with E-state index in [1.54, 1.807) is 13.8 Å². The van der Waals surface area contributed by atoms with E-state index < -0.39 is 10.7 Å². The maximum atomic E-state index is 11.2. The number of carbonyl (C=O) groups is 1. The van der Waals surface area contributed by atoms with Gasteiger partial charge in [-0.15, -0.1) is 11.8 Å². The van der Waals surface area contributed by atoms with Crippen LogP contribution in [0, 0.1) is 0 Å². The second kappa shape index (κ2) is 7.83. The van der Waals surface area contributed by atoms with Crippen LogP contribution in [-0.4, -0.2) is 22.4 Å². The van der Waals surface area contributed by atoms with Crippen LogP contribution < -0.4 is 4.74 Å². The van der Waals surface area contributed by atoms with Crippen molar-refractivity contribution < 1.29 is 14.6 Å². The van der Waals surface area contributed by atoms with Gasteiger partial charge in [0.15, 0.2) is 0 Å². The highest BCUT2D eigenvalue weighted by molar-refractivity contribution is 8.01. The summed E-state index contributed by atoms with van der Waals surface area (Å²) in [7, 11) is 0. The number of carboxylic acids is 1. The molecule has 0 unspecified atom stereocenters. The van der Waals surface area contributed by atoms with E-state index >= 15 is 0 Å². The SMILES string of the molecule is CC(C)(Sc1ccc(OCCc2ccc3ccccc3c2)cc1)C(=O)O. The molecule has 3 rings (SSSR count). The molecular formula is C22H22O3S. The van der Waals surface area contributed by atoms with Crippen LogP contribution in [0.1, 0.15) is 19.4 Å². The molecule has 26 heavy (non-hydrogen) atoms. The number of thioether (sulfide) groups is 1. The van der Waals surface area contributed by atoms with E-state index in [1.165, 1.54) is 28.1 Å². The van der Waals surface area contributed by atoms with E-state index in [0.717, 1.165) is 17.1 Å². The van der Waals surface area contributed by atoms with Crippen molar-refractivity contribution in [3.63, 3.8) is 0 Å². The van der Waals surface area contributed by atoms with Gasteiger partial charge in [0.05, 0.1) is 6.61 Å². The summed E-state index contributed by atoms with van der Waals surface area (Å²) in [6.45, 7) is 4.01. The van der Waals surface area contributed by atoms with Crippen molar-refractivity contribution in [2.75, 3.05) is 6.61 Å². The highest BCUT2D eigenvalue weighted by Gasteiger charge is 2.28. The maximum Gasteiger partial charge on any atom is 0.319 e. The molecule has 0 fully saturated rings. The van der Waals surface area contributed by atoms with E-state index in [1.807, 2.05) is 36.4 Å². The fourth-order valence-corrected chi connectivity index (χ4v) is 3.57. The minimum absolute atomic E-state index is 0.603. The highest BCUT2D eigenvalue weighted by atomic mass is 32.2. The number of fused-ring (bicyclic) bond motifs is 1. The molecule has 0 amide bonds. The van der Waals surface area contributed by atoms with Gasteiger partial charge in [0.2, 0.25) is 0 Å². The zero-order valence-electron chi connectivity index (χ0n) is 14.9. The third-order valence-electron chi connectivity index (χ3n) is 4.19. The van der Waals surface area contributed by atoms with Crippen LogP contribution in [0.4, 0.5) is 0 Å². The van der Waals surface area contributed by atoms with Gasteiger partial charge in [0.25, 0.3) is 0 Å². The fourth-order valence-electron chi connectivity index (χ4n) is 2.62. The molecule has 0 spiro atoms. The molecule has 3 aromatic carbocycles. The average Bonchev–Trinajstić information content (AvgIpc) is 2.63. The molecule has 134 valence electrons. The molecule has 0 atom stereocenters. The zero-order valence-corrected chi connectivity index (χ0v) is 15.8. The van der Waals surface area contributed by atoms with Crippen LogP contribution in [-0.2, 0) is 11.2 Å². The lowest BCUT2D eigenvalue weighted by atomic mass is 10.1. The van der Waals surface area contributed by atoms with Crippen LogP contribution in [0.5, 0.6) is 5.75 Å². The lowest BCUT2D eigenvalue weighted by Gasteiger charge is -2.18. The number of hydrogen-bond donors (Lipinski definition) is 1. The first-order valence-corrected chi connectivity index (χ1v) is 9.39. The number of carboxylic acid groups (broad SMARTS) is 1. The van der Waals surface area contributed by atoms with Gasteiger partial charge in [-0.05, 0) is 54.4 Å². The number of rotatable bonds is 7. The van der Waals surface area contributed by atoms with E-state index in [9.17, 15) is 9.90 Å². The molecule has 0 saturated carbocycles. The Morgan fingerprint density at radius 3 is 2.38 bits per heavy atom. The summed E-state index contributed by atoms with van der Waals surface area (Å²) in [5.41, 5.74) is 1.25. The Kier molecular flexibility index (Phi) is 5.52. The predicted molar refractivity (Wildman–Crippen MR) is 107 cm³/mol. The van der Waals surface area contributed by atoms with Gasteiger partial charge in [-0.3, -0.25) is 4.79 Å². The summed E-state index contributed by atoms with van der Waals surface area (Å²) in [4.78, 5) is 12.1. The number of ether oxygens (including phenoxy) is 1. The average molecular weight is 366 g/mol. The van der Waals surface area contributed by atoms with Crippen molar-refractivity contribution in [2.24, 2.45) is 0 Å². The van der Waals surface area contributed by atoms with E-state index in [4.69, 9.17) is 4.74 Å². The lowest BCUT2D eigenvalue weighted by molar-refractivity contribution is -0.138. The first kappa shape index (κ1) is 18.3. The van der Waals surface area contributed by atoms with Gasteiger partial charge in [0.1, 0.15) is 10.5 Å². The largest absolute Gasteiger partial charge is 0.493 e. The Morgan fingerprint density at radius 2 is 1.69 bits per heavy atom. The van der Waals surface area contributed by atoms with Crippen molar-refractivity contribution in [1.82, 2.24) is 0 Å². The molecule has 0 saturated heterocycles. The second-order valence-electron chi connectivity index (χ2n) is 6.67. The molecule has 1 N–H and O–H groups in total. The van der Waals surface area contributed by atoms with Gasteiger partial charge in [-0.25, -0.2) is 0 Å². The molecule has 3 nitrogen and oxygen atoms in total. The third-order valence-corrected chi connectivity index (χ3v) is 5.38. The van der Waals surface area contributed by atoms with Crippen LogP contribution in [0.2, 0.25) is 0 Å². The Morgan fingerprint density at radius 1 is 1.00 bits per heavy atom. The summed E-state index contributed by atoms with van der Waals surface area (Å²) in [6, 6.07) is 22.4.